The molecule has 2 heteroatoms. The first-order chi connectivity index (χ1) is 7.74. The number of hydrogen-bond acceptors (Lipinski definition) is 2. The van der Waals surface area contributed by atoms with Crippen LogP contribution < -0.4 is 0 Å². The first-order valence-electron chi connectivity index (χ1n) is 6.13. The lowest BCUT2D eigenvalue weighted by molar-refractivity contribution is 0.00748. The summed E-state index contributed by atoms with van der Waals surface area (Å²) in [6.07, 6.45) is 2.27. The molecular weight excluding hydrogens is 200 g/mol. The lowest BCUT2D eigenvalue weighted by Crippen LogP contribution is -2.25. The molecule has 0 aromatic heterocycles. The van der Waals surface area contributed by atoms with E-state index < -0.39 is 0 Å². The molecule has 88 valence electrons. The van der Waals surface area contributed by atoms with Crippen LogP contribution in [0.15, 0.2) is 18.2 Å². The van der Waals surface area contributed by atoms with E-state index in [0.717, 1.165) is 37.2 Å². The van der Waals surface area contributed by atoms with E-state index in [1.165, 1.54) is 0 Å². The molecule has 0 amide bonds. The van der Waals surface area contributed by atoms with Gasteiger partial charge in [-0.05, 0) is 17.9 Å². The molecule has 0 bridgehead atoms. The van der Waals surface area contributed by atoms with E-state index in [9.17, 15) is 5.11 Å². The van der Waals surface area contributed by atoms with Crippen molar-refractivity contribution in [2.45, 2.75) is 38.5 Å². The van der Waals surface area contributed by atoms with E-state index in [2.05, 4.69) is 19.9 Å². The zero-order chi connectivity index (χ0) is 11.5. The Morgan fingerprint density at radius 3 is 2.75 bits per heavy atom. The zero-order valence-electron chi connectivity index (χ0n) is 10.1. The Morgan fingerprint density at radius 1 is 1.44 bits per heavy atom. The summed E-state index contributed by atoms with van der Waals surface area (Å²) in [5.74, 6) is 1.33. The summed E-state index contributed by atoms with van der Waals surface area (Å²) in [4.78, 5) is 0. The third-order valence-electron chi connectivity index (χ3n) is 3.43. The fourth-order valence-electron chi connectivity index (χ4n) is 2.31. The quantitative estimate of drug-likeness (QED) is 0.842. The van der Waals surface area contributed by atoms with Crippen molar-refractivity contribution >= 4 is 0 Å². The number of phenolic OH excluding ortho intramolecular Hbond substituents is 1. The van der Waals surface area contributed by atoms with Crippen LogP contribution in [-0.2, 0) is 4.74 Å². The Morgan fingerprint density at radius 2 is 2.19 bits per heavy atom. The van der Waals surface area contributed by atoms with Gasteiger partial charge in [-0.1, -0.05) is 38.5 Å². The first kappa shape index (κ1) is 11.5. The summed E-state index contributed by atoms with van der Waals surface area (Å²) in [6.45, 7) is 5.86. The number of benzene rings is 1. The normalized spacial score (nSPS) is 18.1. The van der Waals surface area contributed by atoms with Gasteiger partial charge in [0.05, 0.1) is 13.2 Å². The third kappa shape index (κ3) is 2.07. The topological polar surface area (TPSA) is 29.5 Å². The molecule has 1 aromatic carbocycles. The van der Waals surface area contributed by atoms with Gasteiger partial charge in [-0.15, -0.1) is 0 Å². The van der Waals surface area contributed by atoms with Crippen LogP contribution >= 0.6 is 0 Å². The van der Waals surface area contributed by atoms with Gasteiger partial charge in [-0.25, -0.2) is 0 Å². The maximum Gasteiger partial charge on any atom is 0.122 e. The highest BCUT2D eigenvalue weighted by molar-refractivity contribution is 5.44. The number of hydrogen-bond donors (Lipinski definition) is 1. The molecule has 0 spiro atoms. The van der Waals surface area contributed by atoms with Crippen molar-refractivity contribution in [3.8, 4) is 5.75 Å². The van der Waals surface area contributed by atoms with Crippen molar-refractivity contribution in [1.29, 1.82) is 0 Å². The summed E-state index contributed by atoms with van der Waals surface area (Å²) in [6, 6.07) is 6.11. The van der Waals surface area contributed by atoms with Crippen molar-refractivity contribution in [3.05, 3.63) is 29.3 Å². The average molecular weight is 220 g/mol. The highest BCUT2D eigenvalue weighted by Crippen LogP contribution is 2.37. The number of phenols is 1. The average Bonchev–Trinajstić information content (AvgIpc) is 2.18. The summed E-state index contributed by atoms with van der Waals surface area (Å²) in [5, 5.41) is 10.3. The number of ether oxygens (including phenoxy) is 1. The lowest BCUT2D eigenvalue weighted by Gasteiger charge is -2.28. The van der Waals surface area contributed by atoms with Crippen molar-refractivity contribution in [2.75, 3.05) is 13.2 Å². The smallest absolute Gasteiger partial charge is 0.122 e. The minimum absolute atomic E-state index is 0.397. The molecule has 2 rings (SSSR count). The van der Waals surface area contributed by atoms with Crippen LogP contribution in [0.4, 0.5) is 0 Å². The Labute approximate surface area is 97.3 Å². The van der Waals surface area contributed by atoms with Crippen molar-refractivity contribution < 1.29 is 9.84 Å². The first-order valence-corrected chi connectivity index (χ1v) is 6.13. The minimum atomic E-state index is 0.397. The highest BCUT2D eigenvalue weighted by Gasteiger charge is 2.25. The van der Waals surface area contributed by atoms with Crippen LogP contribution in [0.3, 0.4) is 0 Å². The van der Waals surface area contributed by atoms with Crippen LogP contribution in [0.1, 0.15) is 49.7 Å². The fourth-order valence-corrected chi connectivity index (χ4v) is 2.31. The number of aromatic hydroxyl groups is 1. The summed E-state index contributed by atoms with van der Waals surface area (Å²) >= 11 is 0. The van der Waals surface area contributed by atoms with Crippen molar-refractivity contribution in [2.24, 2.45) is 0 Å². The van der Waals surface area contributed by atoms with Crippen LogP contribution in [0, 0.1) is 0 Å². The molecular formula is C14H20O2. The molecule has 1 aromatic rings. The molecule has 0 aliphatic carbocycles. The second-order valence-electron chi connectivity index (χ2n) is 4.71. The van der Waals surface area contributed by atoms with Crippen molar-refractivity contribution in [3.63, 3.8) is 0 Å². The standard InChI is InChI=1S/C14H20O2/c1-3-5-10(2)12-6-4-7-13(14(12)15)11-8-16-9-11/h4,6-7,10-11,15H,3,5,8-9H2,1-2H3. The van der Waals surface area contributed by atoms with E-state index >= 15 is 0 Å². The predicted octanol–water partition coefficient (Wildman–Crippen LogP) is 3.41. The van der Waals surface area contributed by atoms with Crippen LogP contribution in [0.25, 0.3) is 0 Å². The second-order valence-corrected chi connectivity index (χ2v) is 4.71. The van der Waals surface area contributed by atoms with Crippen molar-refractivity contribution in [1.82, 2.24) is 0 Å². The van der Waals surface area contributed by atoms with E-state index in [1.54, 1.807) is 0 Å². The van der Waals surface area contributed by atoms with Gasteiger partial charge in [-0.2, -0.15) is 0 Å². The van der Waals surface area contributed by atoms with E-state index in [1.807, 2.05) is 12.1 Å². The third-order valence-corrected chi connectivity index (χ3v) is 3.43. The molecule has 1 N–H and O–H groups in total. The van der Waals surface area contributed by atoms with E-state index in [0.29, 0.717) is 17.6 Å². The molecule has 0 radical (unpaired) electrons. The lowest BCUT2D eigenvalue weighted by atomic mass is 9.89. The maximum absolute atomic E-state index is 10.3. The van der Waals surface area contributed by atoms with E-state index in [-0.39, 0.29) is 0 Å². The number of rotatable bonds is 4. The molecule has 1 atom stereocenters. The van der Waals surface area contributed by atoms with Gasteiger partial charge in [0.25, 0.3) is 0 Å². The zero-order valence-corrected chi connectivity index (χ0v) is 10.1. The number of para-hydroxylation sites is 1. The van der Waals surface area contributed by atoms with Gasteiger partial charge in [0.15, 0.2) is 0 Å². The Hall–Kier alpha value is -1.02. The molecule has 1 aliphatic heterocycles. The molecule has 1 saturated heterocycles. The van der Waals surface area contributed by atoms with Gasteiger partial charge in [0, 0.05) is 11.5 Å². The largest absolute Gasteiger partial charge is 0.507 e. The minimum Gasteiger partial charge on any atom is -0.507 e. The Balaban J connectivity index is 2.24. The van der Waals surface area contributed by atoms with Gasteiger partial charge in [0.1, 0.15) is 5.75 Å². The molecule has 2 nitrogen and oxygen atoms in total. The van der Waals surface area contributed by atoms with Crippen LogP contribution in [-0.4, -0.2) is 18.3 Å². The van der Waals surface area contributed by atoms with Gasteiger partial charge in [-0.3, -0.25) is 0 Å². The fraction of sp³-hybridized carbons (Fsp3) is 0.571. The van der Waals surface area contributed by atoms with Crippen LogP contribution in [0.5, 0.6) is 5.75 Å². The Kier molecular flexibility index (Phi) is 3.49. The Bertz CT molecular complexity index is 356. The molecule has 1 heterocycles. The summed E-state index contributed by atoms with van der Waals surface area (Å²) in [5.41, 5.74) is 2.15. The second kappa shape index (κ2) is 4.88. The van der Waals surface area contributed by atoms with Gasteiger partial charge >= 0.3 is 0 Å². The molecule has 1 aliphatic rings. The molecule has 0 saturated carbocycles. The summed E-state index contributed by atoms with van der Waals surface area (Å²) in [7, 11) is 0. The predicted molar refractivity (Wildman–Crippen MR) is 65.0 cm³/mol. The molecule has 1 unspecified atom stereocenters. The SMILES string of the molecule is CCCC(C)c1cccc(C2COC2)c1O. The van der Waals surface area contributed by atoms with Gasteiger partial charge < -0.3 is 9.84 Å². The molecule has 1 fully saturated rings. The maximum atomic E-state index is 10.3. The van der Waals surface area contributed by atoms with Gasteiger partial charge in [0.2, 0.25) is 0 Å². The highest BCUT2D eigenvalue weighted by atomic mass is 16.5. The molecule has 16 heavy (non-hydrogen) atoms. The monoisotopic (exact) mass is 220 g/mol. The van der Waals surface area contributed by atoms with Crippen LogP contribution in [0.2, 0.25) is 0 Å². The van der Waals surface area contributed by atoms with E-state index in [4.69, 9.17) is 4.74 Å². The summed E-state index contributed by atoms with van der Waals surface area (Å²) < 4.78 is 5.18.